The van der Waals surface area contributed by atoms with E-state index in [0.29, 0.717) is 6.42 Å². The van der Waals surface area contributed by atoms with E-state index in [2.05, 4.69) is 23.0 Å². The number of phenols is 1. The molecule has 244 valence electrons. The maximum atomic E-state index is 12.7. The monoisotopic (exact) mass is 637 g/mol. The lowest BCUT2D eigenvalue weighted by Crippen LogP contribution is -2.44. The third kappa shape index (κ3) is 12.4. The first-order chi connectivity index (χ1) is 20.4. The summed E-state index contributed by atoms with van der Waals surface area (Å²) in [4.78, 5) is 38.9. The number of nitrogens with zero attached hydrogens (tertiary/aromatic N) is 3. The van der Waals surface area contributed by atoms with Gasteiger partial charge in [-0.2, -0.15) is 26.3 Å². The van der Waals surface area contributed by atoms with Gasteiger partial charge in [0.1, 0.15) is 5.75 Å². The lowest BCUT2D eigenvalue weighted by molar-refractivity contribution is -0.193. The number of benzene rings is 1. The second-order valence-corrected chi connectivity index (χ2v) is 10.5. The van der Waals surface area contributed by atoms with Gasteiger partial charge in [-0.25, -0.2) is 9.59 Å². The fourth-order valence-corrected chi connectivity index (χ4v) is 4.71. The number of carbonyl (C=O) groups excluding carboxylic acids is 1. The Morgan fingerprint density at radius 1 is 0.977 bits per heavy atom. The molecule has 2 aromatic rings. The maximum absolute atomic E-state index is 12.7. The minimum atomic E-state index is -5.08. The second-order valence-electron chi connectivity index (χ2n) is 10.5. The molecule has 1 spiro atoms. The van der Waals surface area contributed by atoms with Gasteiger partial charge in [-0.05, 0) is 61.1 Å². The highest BCUT2D eigenvalue weighted by atomic mass is 19.4. The van der Waals surface area contributed by atoms with Crippen molar-refractivity contribution in [2.24, 2.45) is 5.41 Å². The Morgan fingerprint density at radius 2 is 1.52 bits per heavy atom. The molecule has 2 aliphatic heterocycles. The van der Waals surface area contributed by atoms with Crippen molar-refractivity contribution in [1.29, 1.82) is 0 Å². The molecule has 1 unspecified atom stereocenters. The van der Waals surface area contributed by atoms with E-state index in [4.69, 9.17) is 24.5 Å². The number of hydrogen-bond acceptors (Lipinski definition) is 7. The van der Waals surface area contributed by atoms with Crippen LogP contribution < -0.4 is 0 Å². The quantitative estimate of drug-likeness (QED) is 0.399. The Balaban J connectivity index is 0.000000402. The van der Waals surface area contributed by atoms with Crippen LogP contribution >= 0.6 is 0 Å². The molecule has 0 aliphatic carbocycles. The van der Waals surface area contributed by atoms with Gasteiger partial charge < -0.3 is 25.0 Å². The first-order valence-corrected chi connectivity index (χ1v) is 13.3. The average molecular weight is 638 g/mol. The van der Waals surface area contributed by atoms with Crippen molar-refractivity contribution >= 4 is 17.8 Å². The number of carboxylic acid groups (broad SMARTS) is 2. The number of hydrogen-bond donors (Lipinski definition) is 3. The van der Waals surface area contributed by atoms with Gasteiger partial charge in [0.05, 0.1) is 19.1 Å². The predicted molar refractivity (Wildman–Crippen MR) is 142 cm³/mol. The number of phenolic OH excluding ortho intramolecular Hbond substituents is 1. The van der Waals surface area contributed by atoms with Crippen molar-refractivity contribution in [1.82, 2.24) is 14.8 Å². The predicted octanol–water partition coefficient (Wildman–Crippen LogP) is 4.13. The summed E-state index contributed by atoms with van der Waals surface area (Å²) in [6.45, 7) is 4.20. The molecule has 1 aromatic heterocycles. The van der Waals surface area contributed by atoms with Crippen LogP contribution in [-0.4, -0.2) is 99.7 Å². The van der Waals surface area contributed by atoms with E-state index in [9.17, 15) is 36.2 Å². The summed E-state index contributed by atoms with van der Waals surface area (Å²) in [5.74, 6) is -5.12. The molecule has 1 atom stereocenters. The first kappa shape index (κ1) is 36.3. The Bertz CT molecular complexity index is 1190. The summed E-state index contributed by atoms with van der Waals surface area (Å²) in [5, 5.41) is 23.6. The molecule has 2 aliphatic rings. The molecule has 3 heterocycles. The minimum Gasteiger partial charge on any atom is -0.508 e. The van der Waals surface area contributed by atoms with Crippen LogP contribution in [-0.2, 0) is 32.1 Å². The van der Waals surface area contributed by atoms with Crippen LogP contribution in [0.5, 0.6) is 5.75 Å². The van der Waals surface area contributed by atoms with Gasteiger partial charge in [0.25, 0.3) is 0 Å². The molecule has 0 bridgehead atoms. The Kier molecular flexibility index (Phi) is 12.9. The number of alkyl halides is 6. The molecule has 0 radical (unpaired) electrons. The highest BCUT2D eigenvalue weighted by Crippen LogP contribution is 2.42. The molecule has 4 rings (SSSR count). The zero-order valence-electron chi connectivity index (χ0n) is 23.6. The Hall–Kier alpha value is -3.92. The van der Waals surface area contributed by atoms with Crippen LogP contribution in [0.3, 0.4) is 0 Å². The fourth-order valence-electron chi connectivity index (χ4n) is 4.71. The lowest BCUT2D eigenvalue weighted by Gasteiger charge is -2.38. The molecule has 2 saturated heterocycles. The van der Waals surface area contributed by atoms with Crippen LogP contribution in [0, 0.1) is 5.41 Å². The highest BCUT2D eigenvalue weighted by Gasteiger charge is 2.43. The number of likely N-dealkylation sites (N-methyl/N-ethyl adjacent to an activating group) is 1. The first-order valence-electron chi connectivity index (χ1n) is 13.3. The van der Waals surface area contributed by atoms with E-state index in [1.54, 1.807) is 18.3 Å². The van der Waals surface area contributed by atoms with E-state index >= 15 is 0 Å². The zero-order chi connectivity index (χ0) is 33.1. The summed E-state index contributed by atoms with van der Waals surface area (Å²) in [6.07, 6.45) is -2.71. The van der Waals surface area contributed by atoms with Crippen molar-refractivity contribution in [3.8, 4) is 5.75 Å². The molecule has 16 heteroatoms. The van der Waals surface area contributed by atoms with Crippen molar-refractivity contribution in [2.45, 2.75) is 50.7 Å². The molecular formula is C28H33F6N3O7. The van der Waals surface area contributed by atoms with Crippen molar-refractivity contribution in [2.75, 3.05) is 33.3 Å². The average Bonchev–Trinajstić information content (AvgIpc) is 3.31. The van der Waals surface area contributed by atoms with Gasteiger partial charge >= 0.3 is 24.3 Å². The number of halogens is 6. The van der Waals surface area contributed by atoms with E-state index in [-0.39, 0.29) is 23.2 Å². The topological polar surface area (TPSA) is 140 Å². The molecule has 0 saturated carbocycles. The zero-order valence-corrected chi connectivity index (χ0v) is 23.6. The number of carbonyl (C=O) groups is 3. The van der Waals surface area contributed by atoms with Gasteiger partial charge in [0.2, 0.25) is 5.91 Å². The van der Waals surface area contributed by atoms with Gasteiger partial charge in [0, 0.05) is 38.6 Å². The summed E-state index contributed by atoms with van der Waals surface area (Å²) in [6, 6.07) is 11.0. The second kappa shape index (κ2) is 15.7. The SMILES string of the molecule is CN(Cc1cccnc1)CC1CC2(CCN(C(=O)Cc3ccc(O)cc3)CC2)CO1.O=C(O)C(F)(F)F.O=C(O)C(F)(F)F. The molecular weight excluding hydrogens is 604 g/mol. The van der Waals surface area contributed by atoms with E-state index < -0.39 is 24.3 Å². The van der Waals surface area contributed by atoms with Gasteiger partial charge in [-0.15, -0.1) is 0 Å². The Morgan fingerprint density at radius 3 is 2.00 bits per heavy atom. The number of aromatic hydroxyl groups is 1. The fraction of sp³-hybridized carbons (Fsp3) is 0.500. The summed E-state index contributed by atoms with van der Waals surface area (Å²) in [7, 11) is 2.13. The number of aromatic nitrogens is 1. The Labute approximate surface area is 248 Å². The van der Waals surface area contributed by atoms with E-state index in [1.807, 2.05) is 29.3 Å². The largest absolute Gasteiger partial charge is 0.508 e. The number of ether oxygens (including phenoxy) is 1. The van der Waals surface area contributed by atoms with Crippen LogP contribution in [0.4, 0.5) is 26.3 Å². The van der Waals surface area contributed by atoms with Gasteiger partial charge in [0.15, 0.2) is 0 Å². The molecule has 3 N–H and O–H groups in total. The van der Waals surface area contributed by atoms with Crippen molar-refractivity contribution in [3.05, 3.63) is 59.9 Å². The third-order valence-corrected chi connectivity index (χ3v) is 6.93. The number of carboxylic acids is 2. The number of aliphatic carboxylic acids is 2. The summed E-state index contributed by atoms with van der Waals surface area (Å²) < 4.78 is 69.6. The standard InChI is InChI=1S/C24H31N3O3.2C2HF3O2/c1-26(16-20-3-2-10-25-15-20)17-22-14-24(18-30-22)8-11-27(12-9-24)23(29)13-19-4-6-21(28)7-5-19;2*3-2(4,5)1(6)7/h2-7,10,15,22,28H,8-9,11-14,16-18H2,1H3;2*(H,6,7). The van der Waals surface area contributed by atoms with Crippen LogP contribution in [0.1, 0.15) is 30.4 Å². The van der Waals surface area contributed by atoms with E-state index in [0.717, 1.165) is 57.6 Å². The number of likely N-dealkylation sites (tertiary alicyclic amines) is 1. The molecule has 10 nitrogen and oxygen atoms in total. The molecule has 44 heavy (non-hydrogen) atoms. The van der Waals surface area contributed by atoms with Crippen LogP contribution in [0.15, 0.2) is 48.8 Å². The van der Waals surface area contributed by atoms with Crippen LogP contribution in [0.2, 0.25) is 0 Å². The van der Waals surface area contributed by atoms with Gasteiger partial charge in [-0.1, -0.05) is 18.2 Å². The third-order valence-electron chi connectivity index (χ3n) is 6.93. The lowest BCUT2D eigenvalue weighted by atomic mass is 9.76. The van der Waals surface area contributed by atoms with E-state index in [1.165, 1.54) is 5.56 Å². The number of pyridine rings is 1. The number of rotatable bonds is 6. The summed E-state index contributed by atoms with van der Waals surface area (Å²) in [5.41, 5.74) is 2.38. The molecule has 1 amide bonds. The van der Waals surface area contributed by atoms with Crippen LogP contribution in [0.25, 0.3) is 0 Å². The maximum Gasteiger partial charge on any atom is 0.490 e. The smallest absolute Gasteiger partial charge is 0.490 e. The number of amides is 1. The highest BCUT2D eigenvalue weighted by molar-refractivity contribution is 5.79. The van der Waals surface area contributed by atoms with Crippen molar-refractivity contribution < 1.29 is 60.8 Å². The normalized spacial score (nSPS) is 17.7. The summed E-state index contributed by atoms with van der Waals surface area (Å²) >= 11 is 0. The number of piperidine rings is 1. The molecule has 2 fully saturated rings. The minimum absolute atomic E-state index is 0.169. The van der Waals surface area contributed by atoms with Gasteiger partial charge in [-0.3, -0.25) is 14.7 Å². The van der Waals surface area contributed by atoms with Crippen molar-refractivity contribution in [3.63, 3.8) is 0 Å². The molecule has 1 aromatic carbocycles.